The molecule has 0 aliphatic carbocycles. The molecule has 2 aromatic carbocycles. The molecule has 2 aliphatic rings. The van der Waals surface area contributed by atoms with Gasteiger partial charge in [-0.1, -0.05) is 0 Å². The molecule has 3 heterocycles. The standard InChI is InChI=1S/C25H25FN4O2/c26-20-10-18-11-22(32-24(18)23(12-20)19-13-27-16-28-14-19)15-29-25(31)17-4-6-21(7-5-17)30-8-2-1-3-9-30/h4-7,10,12-14,16,22H,1-3,8-9,11,15H2,(H,29,31). The quantitative estimate of drug-likeness (QED) is 0.660. The first-order valence-electron chi connectivity index (χ1n) is 11.0. The molecule has 0 radical (unpaired) electrons. The van der Waals surface area contributed by atoms with Gasteiger partial charge in [0, 0.05) is 59.8 Å². The van der Waals surface area contributed by atoms with E-state index in [1.165, 1.54) is 37.7 Å². The molecule has 1 fully saturated rings. The highest BCUT2D eigenvalue weighted by Crippen LogP contribution is 2.39. The number of fused-ring (bicyclic) bond motifs is 1. The number of nitrogens with one attached hydrogen (secondary N) is 1. The maximum absolute atomic E-state index is 14.2. The van der Waals surface area contributed by atoms with Crippen molar-refractivity contribution in [1.82, 2.24) is 15.3 Å². The van der Waals surface area contributed by atoms with E-state index in [2.05, 4.69) is 20.2 Å². The van der Waals surface area contributed by atoms with Gasteiger partial charge in [0.2, 0.25) is 0 Å². The SMILES string of the molecule is O=C(NCC1Cc2cc(F)cc(-c3cncnc3)c2O1)c1ccc(N2CCCCC2)cc1. The van der Waals surface area contributed by atoms with Crippen LogP contribution >= 0.6 is 0 Å². The molecule has 1 atom stereocenters. The zero-order chi connectivity index (χ0) is 21.9. The van der Waals surface area contributed by atoms with E-state index in [0.717, 1.165) is 24.3 Å². The Labute approximate surface area is 186 Å². The number of aromatic nitrogens is 2. The molecule has 5 rings (SSSR count). The van der Waals surface area contributed by atoms with Gasteiger partial charge in [0.05, 0.1) is 6.54 Å². The summed E-state index contributed by atoms with van der Waals surface area (Å²) in [6, 6.07) is 10.7. The van der Waals surface area contributed by atoms with Crippen LogP contribution in [0.1, 0.15) is 35.2 Å². The van der Waals surface area contributed by atoms with Gasteiger partial charge in [0.15, 0.2) is 0 Å². The molecule has 164 valence electrons. The first kappa shape index (κ1) is 20.4. The number of halogens is 1. The van der Waals surface area contributed by atoms with E-state index in [0.29, 0.717) is 35.4 Å². The van der Waals surface area contributed by atoms with Gasteiger partial charge in [0.25, 0.3) is 5.91 Å². The third-order valence-electron chi connectivity index (χ3n) is 6.08. The van der Waals surface area contributed by atoms with E-state index >= 15 is 0 Å². The third-order valence-corrected chi connectivity index (χ3v) is 6.08. The monoisotopic (exact) mass is 432 g/mol. The average molecular weight is 432 g/mol. The van der Waals surface area contributed by atoms with Crippen LogP contribution in [0.15, 0.2) is 55.1 Å². The van der Waals surface area contributed by atoms with Crippen molar-refractivity contribution in [2.75, 3.05) is 24.5 Å². The Bertz CT molecular complexity index is 1100. The number of carbonyl (C=O) groups excluding carboxylic acids is 1. The zero-order valence-electron chi connectivity index (χ0n) is 17.8. The van der Waals surface area contributed by atoms with Gasteiger partial charge in [-0.25, -0.2) is 14.4 Å². The van der Waals surface area contributed by atoms with E-state index in [9.17, 15) is 9.18 Å². The van der Waals surface area contributed by atoms with Crippen molar-refractivity contribution < 1.29 is 13.9 Å². The Balaban J connectivity index is 1.22. The molecule has 1 N–H and O–H groups in total. The number of carbonyl (C=O) groups is 1. The Hall–Kier alpha value is -3.48. The van der Waals surface area contributed by atoms with Crippen LogP contribution in [0.25, 0.3) is 11.1 Å². The van der Waals surface area contributed by atoms with Crippen LogP contribution < -0.4 is 15.0 Å². The molecular weight excluding hydrogens is 407 g/mol. The predicted octanol–water partition coefficient (Wildman–Crippen LogP) is 4.01. The normalized spacial score (nSPS) is 17.5. The highest BCUT2D eigenvalue weighted by Gasteiger charge is 2.27. The molecule has 3 aromatic rings. The number of nitrogens with zero attached hydrogens (tertiary/aromatic N) is 3. The molecule has 0 spiro atoms. The zero-order valence-corrected chi connectivity index (χ0v) is 17.8. The maximum atomic E-state index is 14.2. The van der Waals surface area contributed by atoms with Crippen molar-refractivity contribution in [3.05, 3.63) is 72.1 Å². The maximum Gasteiger partial charge on any atom is 0.251 e. The van der Waals surface area contributed by atoms with Crippen molar-refractivity contribution in [3.63, 3.8) is 0 Å². The van der Waals surface area contributed by atoms with Gasteiger partial charge in [-0.15, -0.1) is 0 Å². The van der Waals surface area contributed by atoms with Crippen molar-refractivity contribution in [2.45, 2.75) is 31.8 Å². The van der Waals surface area contributed by atoms with Gasteiger partial charge >= 0.3 is 0 Å². The van der Waals surface area contributed by atoms with Crippen LogP contribution in [-0.4, -0.2) is 41.6 Å². The van der Waals surface area contributed by atoms with E-state index in [4.69, 9.17) is 4.74 Å². The lowest BCUT2D eigenvalue weighted by molar-refractivity contribution is 0.0933. The van der Waals surface area contributed by atoms with Crippen LogP contribution in [0.3, 0.4) is 0 Å². The summed E-state index contributed by atoms with van der Waals surface area (Å²) in [6.07, 6.45) is 8.69. The summed E-state index contributed by atoms with van der Waals surface area (Å²) < 4.78 is 20.3. The summed E-state index contributed by atoms with van der Waals surface area (Å²) in [5.41, 5.74) is 3.89. The summed E-state index contributed by atoms with van der Waals surface area (Å²) in [5, 5.41) is 2.95. The second kappa shape index (κ2) is 8.94. The fraction of sp³-hybridized carbons (Fsp3) is 0.320. The molecule has 7 heteroatoms. The van der Waals surface area contributed by atoms with E-state index in [1.807, 2.05) is 24.3 Å². The summed E-state index contributed by atoms with van der Waals surface area (Å²) in [4.78, 5) is 23.0. The van der Waals surface area contributed by atoms with Crippen molar-refractivity contribution in [1.29, 1.82) is 0 Å². The van der Waals surface area contributed by atoms with Crippen LogP contribution in [0, 0.1) is 5.82 Å². The highest BCUT2D eigenvalue weighted by molar-refractivity contribution is 5.94. The van der Waals surface area contributed by atoms with E-state index in [-0.39, 0.29) is 17.8 Å². The lowest BCUT2D eigenvalue weighted by Gasteiger charge is -2.28. The molecule has 1 unspecified atom stereocenters. The number of piperidine rings is 1. The minimum absolute atomic E-state index is 0.141. The highest BCUT2D eigenvalue weighted by atomic mass is 19.1. The molecule has 2 aliphatic heterocycles. The number of hydrogen-bond donors (Lipinski definition) is 1. The summed E-state index contributed by atoms with van der Waals surface area (Å²) in [5.74, 6) is 0.161. The van der Waals surface area contributed by atoms with Crippen LogP contribution in [0.4, 0.5) is 10.1 Å². The van der Waals surface area contributed by atoms with Gasteiger partial charge in [-0.05, 0) is 55.7 Å². The van der Waals surface area contributed by atoms with Crippen LogP contribution in [-0.2, 0) is 6.42 Å². The van der Waals surface area contributed by atoms with E-state index in [1.54, 1.807) is 12.4 Å². The summed E-state index contributed by atoms with van der Waals surface area (Å²) in [6.45, 7) is 2.49. The van der Waals surface area contributed by atoms with E-state index < -0.39 is 0 Å². The second-order valence-electron chi connectivity index (χ2n) is 8.32. The molecular formula is C25H25FN4O2. The smallest absolute Gasteiger partial charge is 0.251 e. The second-order valence-corrected chi connectivity index (χ2v) is 8.32. The number of benzene rings is 2. The topological polar surface area (TPSA) is 67.3 Å². The third kappa shape index (κ3) is 4.28. The minimum atomic E-state index is -0.329. The fourth-order valence-corrected chi connectivity index (χ4v) is 4.45. The molecule has 1 saturated heterocycles. The Morgan fingerprint density at radius 2 is 1.84 bits per heavy atom. The van der Waals surface area contributed by atoms with Gasteiger partial charge < -0.3 is 15.0 Å². The lowest BCUT2D eigenvalue weighted by atomic mass is 10.0. The molecule has 0 bridgehead atoms. The average Bonchev–Trinajstić information content (AvgIpc) is 3.26. The van der Waals surface area contributed by atoms with Crippen LogP contribution in [0.2, 0.25) is 0 Å². The van der Waals surface area contributed by atoms with Gasteiger partial charge in [-0.2, -0.15) is 0 Å². The van der Waals surface area contributed by atoms with Crippen molar-refractivity contribution >= 4 is 11.6 Å². The molecule has 1 amide bonds. The summed E-state index contributed by atoms with van der Waals surface area (Å²) >= 11 is 0. The van der Waals surface area contributed by atoms with Gasteiger partial charge in [0.1, 0.15) is 24.0 Å². The van der Waals surface area contributed by atoms with Crippen molar-refractivity contribution in [3.8, 4) is 16.9 Å². The molecule has 0 saturated carbocycles. The predicted molar refractivity (Wildman–Crippen MR) is 120 cm³/mol. The lowest BCUT2D eigenvalue weighted by Crippen LogP contribution is -2.34. The molecule has 6 nitrogen and oxygen atoms in total. The molecule has 1 aromatic heterocycles. The largest absolute Gasteiger partial charge is 0.487 e. The van der Waals surface area contributed by atoms with Crippen LogP contribution in [0.5, 0.6) is 5.75 Å². The number of hydrogen-bond acceptors (Lipinski definition) is 5. The number of ether oxygens (including phenoxy) is 1. The Morgan fingerprint density at radius 3 is 2.59 bits per heavy atom. The number of anilines is 1. The number of amides is 1. The molecule has 32 heavy (non-hydrogen) atoms. The summed E-state index contributed by atoms with van der Waals surface area (Å²) in [7, 11) is 0. The number of rotatable bonds is 5. The fourth-order valence-electron chi connectivity index (χ4n) is 4.45. The first-order chi connectivity index (χ1) is 15.7. The Morgan fingerprint density at radius 1 is 1.09 bits per heavy atom. The minimum Gasteiger partial charge on any atom is -0.487 e. The van der Waals surface area contributed by atoms with Crippen molar-refractivity contribution in [2.24, 2.45) is 0 Å². The first-order valence-corrected chi connectivity index (χ1v) is 11.0. The van der Waals surface area contributed by atoms with Gasteiger partial charge in [-0.3, -0.25) is 4.79 Å². The Kier molecular flexibility index (Phi) is 5.71.